The highest BCUT2D eigenvalue weighted by Gasteiger charge is 2.17. The minimum absolute atomic E-state index is 0.0413. The van der Waals surface area contributed by atoms with Gasteiger partial charge in [0.15, 0.2) is 0 Å². The molecule has 0 aliphatic heterocycles. The van der Waals surface area contributed by atoms with Crippen LogP contribution in [0.25, 0.3) is 10.9 Å². The Kier molecular flexibility index (Phi) is 6.13. The molecule has 0 unspecified atom stereocenters. The van der Waals surface area contributed by atoms with E-state index in [2.05, 4.69) is 60.4 Å². The average molecular weight is 460 g/mol. The lowest BCUT2D eigenvalue weighted by atomic mass is 9.87. The highest BCUT2D eigenvalue weighted by molar-refractivity contribution is 7.89. The lowest BCUT2D eigenvalue weighted by molar-refractivity contribution is 0.580. The highest BCUT2D eigenvalue weighted by atomic mass is 32.2. The van der Waals surface area contributed by atoms with Crippen LogP contribution < -0.4 is 4.83 Å². The van der Waals surface area contributed by atoms with Crippen LogP contribution in [0, 0.1) is 6.92 Å². The molecule has 3 aromatic carbocycles. The third-order valence-corrected chi connectivity index (χ3v) is 7.07. The predicted molar refractivity (Wildman–Crippen MR) is 135 cm³/mol. The maximum atomic E-state index is 12.7. The summed E-state index contributed by atoms with van der Waals surface area (Å²) < 4.78 is 27.6. The number of aromatic nitrogens is 1. The van der Waals surface area contributed by atoms with Gasteiger partial charge >= 0.3 is 0 Å². The number of hydrogen-bond acceptors (Lipinski definition) is 3. The van der Waals surface area contributed by atoms with Crippen molar-refractivity contribution in [3.05, 3.63) is 101 Å². The number of rotatable bonds is 6. The molecule has 0 saturated carbocycles. The fourth-order valence-electron chi connectivity index (χ4n) is 3.83. The molecule has 0 spiro atoms. The number of hydrazone groups is 1. The molecule has 0 fully saturated rings. The van der Waals surface area contributed by atoms with E-state index in [4.69, 9.17) is 0 Å². The number of aryl methyl sites for hydroxylation is 1. The molecule has 0 amide bonds. The van der Waals surface area contributed by atoms with Crippen LogP contribution in [0.15, 0.2) is 89.0 Å². The number of hydrogen-bond donors (Lipinski definition) is 1. The summed E-state index contributed by atoms with van der Waals surface area (Å²) in [4.78, 5) is 2.54. The maximum Gasteiger partial charge on any atom is 0.276 e. The number of benzene rings is 3. The van der Waals surface area contributed by atoms with Gasteiger partial charge in [0.2, 0.25) is 0 Å². The quantitative estimate of drug-likeness (QED) is 0.301. The molecule has 0 aliphatic carbocycles. The Balaban J connectivity index is 1.57. The van der Waals surface area contributed by atoms with E-state index < -0.39 is 10.0 Å². The molecule has 1 heterocycles. The lowest BCUT2D eigenvalue weighted by Crippen LogP contribution is -2.19. The van der Waals surface area contributed by atoms with E-state index in [0.29, 0.717) is 0 Å². The number of nitrogens with zero attached hydrogens (tertiary/aromatic N) is 2. The molecule has 170 valence electrons. The van der Waals surface area contributed by atoms with Crippen LogP contribution in [-0.2, 0) is 22.0 Å². The van der Waals surface area contributed by atoms with Crippen molar-refractivity contribution in [2.75, 3.05) is 0 Å². The zero-order chi connectivity index (χ0) is 23.6. The van der Waals surface area contributed by atoms with E-state index in [-0.39, 0.29) is 10.3 Å². The number of sulfonamides is 1. The third-order valence-electron chi connectivity index (χ3n) is 5.83. The Morgan fingerprint density at radius 1 is 0.939 bits per heavy atom. The highest BCUT2D eigenvalue weighted by Crippen LogP contribution is 2.24. The Hall–Kier alpha value is -3.38. The summed E-state index contributed by atoms with van der Waals surface area (Å²) in [5.74, 6) is 0. The van der Waals surface area contributed by atoms with Crippen LogP contribution in [0.4, 0.5) is 0 Å². The Bertz CT molecular complexity index is 1410. The van der Waals surface area contributed by atoms with Crippen LogP contribution >= 0.6 is 0 Å². The van der Waals surface area contributed by atoms with Gasteiger partial charge in [-0.15, -0.1) is 0 Å². The summed E-state index contributed by atoms with van der Waals surface area (Å²) in [5, 5.41) is 5.09. The fraction of sp³-hybridized carbons (Fsp3) is 0.222. The topological polar surface area (TPSA) is 63.5 Å². The van der Waals surface area contributed by atoms with Gasteiger partial charge in [-0.3, -0.25) is 0 Å². The molecule has 6 heteroatoms. The van der Waals surface area contributed by atoms with Crippen molar-refractivity contribution in [2.24, 2.45) is 5.10 Å². The van der Waals surface area contributed by atoms with Gasteiger partial charge in [0.05, 0.1) is 11.1 Å². The Morgan fingerprint density at radius 2 is 1.61 bits per heavy atom. The average Bonchev–Trinajstić information content (AvgIpc) is 3.12. The maximum absolute atomic E-state index is 12.7. The molecule has 0 bridgehead atoms. The first kappa shape index (κ1) is 22.8. The van der Waals surface area contributed by atoms with Crippen molar-refractivity contribution in [2.45, 2.75) is 44.6 Å². The monoisotopic (exact) mass is 459 g/mol. The second-order valence-electron chi connectivity index (χ2n) is 9.28. The first-order valence-electron chi connectivity index (χ1n) is 10.9. The van der Waals surface area contributed by atoms with Crippen LogP contribution in [0.5, 0.6) is 0 Å². The van der Waals surface area contributed by atoms with Gasteiger partial charge in [-0.25, -0.2) is 4.83 Å². The van der Waals surface area contributed by atoms with Gasteiger partial charge in [0.1, 0.15) is 0 Å². The molecule has 5 nitrogen and oxygen atoms in total. The van der Waals surface area contributed by atoms with E-state index in [9.17, 15) is 8.42 Å². The summed E-state index contributed by atoms with van der Waals surface area (Å²) in [6.07, 6.45) is 3.57. The van der Waals surface area contributed by atoms with Gasteiger partial charge < -0.3 is 4.57 Å². The first-order chi connectivity index (χ1) is 15.6. The van der Waals surface area contributed by atoms with Crippen molar-refractivity contribution in [3.8, 4) is 0 Å². The molecule has 33 heavy (non-hydrogen) atoms. The Labute approximate surface area is 195 Å². The van der Waals surface area contributed by atoms with Crippen molar-refractivity contribution in [1.82, 2.24) is 9.40 Å². The number of fused-ring (bicyclic) bond motifs is 1. The molecule has 4 rings (SSSR count). The molecular weight excluding hydrogens is 430 g/mol. The summed E-state index contributed by atoms with van der Waals surface area (Å²) in [6.45, 7) is 9.11. The second kappa shape index (κ2) is 8.87. The van der Waals surface area contributed by atoms with Gasteiger partial charge in [0.25, 0.3) is 10.0 Å². The zero-order valence-corrected chi connectivity index (χ0v) is 20.2. The lowest BCUT2D eigenvalue weighted by Gasteiger charge is -2.19. The van der Waals surface area contributed by atoms with E-state index >= 15 is 0 Å². The summed E-state index contributed by atoms with van der Waals surface area (Å²) in [5.41, 5.74) is 5.43. The number of nitrogens with one attached hydrogen (secondary N) is 1. The van der Waals surface area contributed by atoms with Crippen molar-refractivity contribution in [1.29, 1.82) is 0 Å². The van der Waals surface area contributed by atoms with E-state index in [0.717, 1.165) is 28.6 Å². The van der Waals surface area contributed by atoms with E-state index in [1.807, 2.05) is 48.7 Å². The predicted octanol–water partition coefficient (Wildman–Crippen LogP) is 5.61. The van der Waals surface area contributed by atoms with Crippen molar-refractivity contribution < 1.29 is 8.42 Å². The van der Waals surface area contributed by atoms with Crippen molar-refractivity contribution in [3.63, 3.8) is 0 Å². The molecule has 4 aromatic rings. The standard InChI is InChI=1S/C27H29N3O2S/c1-20-9-5-6-10-21(20)18-30-19-22(25-11-7-8-12-26(25)30)17-28-29-33(31,32)24-15-13-23(14-16-24)27(2,3)4/h5-17,19,29H,18H2,1-4H3/b28-17-. The van der Waals surface area contributed by atoms with Crippen LogP contribution in [-0.4, -0.2) is 19.2 Å². The second-order valence-corrected chi connectivity index (χ2v) is 10.9. The third kappa shape index (κ3) is 5.01. The summed E-state index contributed by atoms with van der Waals surface area (Å²) in [7, 11) is -3.75. The summed E-state index contributed by atoms with van der Waals surface area (Å²) >= 11 is 0. The van der Waals surface area contributed by atoms with E-state index in [1.54, 1.807) is 18.3 Å². The fourth-order valence-corrected chi connectivity index (χ4v) is 4.62. The van der Waals surface area contributed by atoms with Crippen LogP contribution in [0.1, 0.15) is 43.0 Å². The minimum atomic E-state index is -3.75. The normalized spacial score (nSPS) is 12.5. The van der Waals surface area contributed by atoms with Crippen LogP contribution in [0.2, 0.25) is 0 Å². The molecule has 0 radical (unpaired) electrons. The smallest absolute Gasteiger partial charge is 0.276 e. The van der Waals surface area contributed by atoms with Gasteiger partial charge in [-0.05, 0) is 47.2 Å². The SMILES string of the molecule is Cc1ccccc1Cn1cc(/C=N\NS(=O)(=O)c2ccc(C(C)(C)C)cc2)c2ccccc21. The van der Waals surface area contributed by atoms with Gasteiger partial charge in [-0.2, -0.15) is 13.5 Å². The van der Waals surface area contributed by atoms with E-state index in [1.165, 1.54) is 11.1 Å². The molecule has 0 saturated heterocycles. The number of para-hydroxylation sites is 1. The molecular formula is C27H29N3O2S. The summed E-state index contributed by atoms with van der Waals surface area (Å²) in [6, 6.07) is 23.3. The largest absolute Gasteiger partial charge is 0.342 e. The van der Waals surface area contributed by atoms with Gasteiger partial charge in [-0.1, -0.05) is 75.4 Å². The van der Waals surface area contributed by atoms with Crippen LogP contribution in [0.3, 0.4) is 0 Å². The first-order valence-corrected chi connectivity index (χ1v) is 12.4. The van der Waals surface area contributed by atoms with Gasteiger partial charge in [0, 0.05) is 29.2 Å². The molecule has 0 atom stereocenters. The molecule has 1 N–H and O–H groups in total. The Morgan fingerprint density at radius 3 is 2.30 bits per heavy atom. The molecule has 0 aliphatic rings. The van der Waals surface area contributed by atoms with Crippen molar-refractivity contribution >= 4 is 27.1 Å². The zero-order valence-electron chi connectivity index (χ0n) is 19.4. The minimum Gasteiger partial charge on any atom is -0.342 e. The molecule has 1 aromatic heterocycles.